The first-order chi connectivity index (χ1) is 10.2. The molecule has 1 fully saturated rings. The Hall–Kier alpha value is -1.53. The highest BCUT2D eigenvalue weighted by Crippen LogP contribution is 2.36. The normalized spacial score (nSPS) is 19.1. The molecule has 0 saturated carbocycles. The van der Waals surface area contributed by atoms with Gasteiger partial charge in [-0.3, -0.25) is 4.79 Å². The first kappa shape index (κ1) is 16.8. The summed E-state index contributed by atoms with van der Waals surface area (Å²) in [5.41, 5.74) is 0.745. The maximum absolute atomic E-state index is 11.7. The number of rotatable bonds is 4. The van der Waals surface area contributed by atoms with Gasteiger partial charge in [-0.15, -0.1) is 0 Å². The highest BCUT2D eigenvalue weighted by molar-refractivity contribution is 6.62. The van der Waals surface area contributed by atoms with Gasteiger partial charge in [0.05, 0.1) is 31.8 Å². The second-order valence-corrected chi connectivity index (χ2v) is 6.41. The summed E-state index contributed by atoms with van der Waals surface area (Å²) in [7, 11) is 2.44. The molecule has 0 radical (unpaired) electrons. The monoisotopic (exact) mass is 306 g/mol. The Kier molecular flexibility index (Phi) is 4.54. The third kappa shape index (κ3) is 3.13. The third-order valence-electron chi connectivity index (χ3n) is 4.42. The number of carbonyl (C=O) groups excluding carboxylic acids is 1. The molecule has 0 atom stereocenters. The smallest absolute Gasteiger partial charge is 0.495 e. The second kappa shape index (κ2) is 5.93. The molecule has 2 rings (SSSR count). The zero-order valence-electron chi connectivity index (χ0n) is 14.1. The van der Waals surface area contributed by atoms with Crippen LogP contribution >= 0.6 is 0 Å². The number of ether oxygens (including phenoxy) is 2. The Morgan fingerprint density at radius 3 is 2.23 bits per heavy atom. The average molecular weight is 306 g/mol. The fourth-order valence-electron chi connectivity index (χ4n) is 2.29. The predicted octanol–water partition coefficient (Wildman–Crippen LogP) is 1.71. The average Bonchev–Trinajstić information content (AvgIpc) is 2.66. The summed E-state index contributed by atoms with van der Waals surface area (Å²) in [5.74, 6) is 0.366. The van der Waals surface area contributed by atoms with Crippen LogP contribution < -0.4 is 10.2 Å². The van der Waals surface area contributed by atoms with Crippen molar-refractivity contribution in [3.8, 4) is 5.75 Å². The van der Waals surface area contributed by atoms with Crippen molar-refractivity contribution in [3.63, 3.8) is 0 Å². The van der Waals surface area contributed by atoms with E-state index >= 15 is 0 Å². The molecular weight excluding hydrogens is 283 g/mol. The highest BCUT2D eigenvalue weighted by Gasteiger charge is 2.52. The van der Waals surface area contributed by atoms with E-state index in [1.807, 2.05) is 45.9 Å². The summed E-state index contributed by atoms with van der Waals surface area (Å²) < 4.78 is 22.1. The van der Waals surface area contributed by atoms with Gasteiger partial charge in [-0.2, -0.15) is 0 Å². The van der Waals surface area contributed by atoms with Gasteiger partial charge < -0.3 is 18.8 Å². The van der Waals surface area contributed by atoms with E-state index < -0.39 is 18.3 Å². The lowest BCUT2D eigenvalue weighted by Gasteiger charge is -2.32. The largest absolute Gasteiger partial charge is 0.497 e. The molecule has 22 heavy (non-hydrogen) atoms. The van der Waals surface area contributed by atoms with Crippen LogP contribution in [0, 0.1) is 0 Å². The van der Waals surface area contributed by atoms with Gasteiger partial charge >= 0.3 is 13.1 Å². The van der Waals surface area contributed by atoms with Gasteiger partial charge in [0.1, 0.15) is 5.75 Å². The molecule has 1 aliphatic rings. The van der Waals surface area contributed by atoms with Crippen molar-refractivity contribution < 1.29 is 23.6 Å². The van der Waals surface area contributed by atoms with Gasteiger partial charge in [0.15, 0.2) is 0 Å². The Bertz CT molecular complexity index is 552. The molecular formula is C16H23BO5. The molecule has 1 heterocycles. The van der Waals surface area contributed by atoms with Crippen LogP contribution in [0.4, 0.5) is 0 Å². The summed E-state index contributed by atoms with van der Waals surface area (Å²) in [6, 6.07) is 5.53. The van der Waals surface area contributed by atoms with Crippen LogP contribution in [-0.2, 0) is 25.3 Å². The van der Waals surface area contributed by atoms with Crippen molar-refractivity contribution in [1.29, 1.82) is 0 Å². The summed E-state index contributed by atoms with van der Waals surface area (Å²) in [4.78, 5) is 11.7. The van der Waals surface area contributed by atoms with Crippen molar-refractivity contribution in [2.75, 3.05) is 14.2 Å². The fourth-order valence-corrected chi connectivity index (χ4v) is 2.29. The van der Waals surface area contributed by atoms with E-state index in [9.17, 15) is 4.79 Å². The molecule has 1 aromatic rings. The minimum absolute atomic E-state index is 0.146. The van der Waals surface area contributed by atoms with Gasteiger partial charge in [-0.05, 0) is 50.9 Å². The number of carbonyl (C=O) groups is 1. The number of hydrogen-bond acceptors (Lipinski definition) is 5. The Balaban J connectivity index is 2.36. The second-order valence-electron chi connectivity index (χ2n) is 6.41. The molecule has 0 aromatic heterocycles. The molecule has 0 aliphatic carbocycles. The van der Waals surface area contributed by atoms with Crippen molar-refractivity contribution >= 4 is 18.6 Å². The first-order valence-electron chi connectivity index (χ1n) is 7.29. The van der Waals surface area contributed by atoms with E-state index in [-0.39, 0.29) is 12.4 Å². The molecule has 1 aromatic carbocycles. The quantitative estimate of drug-likeness (QED) is 0.626. The van der Waals surface area contributed by atoms with Crippen LogP contribution in [0.1, 0.15) is 33.3 Å². The van der Waals surface area contributed by atoms with E-state index in [1.165, 1.54) is 7.11 Å². The van der Waals surface area contributed by atoms with E-state index in [4.69, 9.17) is 18.8 Å². The molecule has 0 spiro atoms. The summed E-state index contributed by atoms with van der Waals surface area (Å²) in [6.45, 7) is 7.99. The highest BCUT2D eigenvalue weighted by atomic mass is 16.7. The van der Waals surface area contributed by atoms with Crippen molar-refractivity contribution in [2.24, 2.45) is 0 Å². The molecule has 0 N–H and O–H groups in total. The van der Waals surface area contributed by atoms with Gasteiger partial charge in [0, 0.05) is 0 Å². The number of hydrogen-bond donors (Lipinski definition) is 0. The van der Waals surface area contributed by atoms with E-state index in [2.05, 4.69) is 0 Å². The van der Waals surface area contributed by atoms with E-state index in [0.29, 0.717) is 5.75 Å². The van der Waals surface area contributed by atoms with E-state index in [1.54, 1.807) is 7.11 Å². The van der Waals surface area contributed by atoms with Gasteiger partial charge in [0.2, 0.25) is 0 Å². The zero-order valence-corrected chi connectivity index (χ0v) is 14.1. The third-order valence-corrected chi connectivity index (χ3v) is 4.42. The van der Waals surface area contributed by atoms with Gasteiger partial charge in [-0.25, -0.2) is 0 Å². The topological polar surface area (TPSA) is 54.0 Å². The molecule has 5 nitrogen and oxygen atoms in total. The molecule has 0 unspecified atom stereocenters. The summed E-state index contributed by atoms with van der Waals surface area (Å²) in [6.07, 6.45) is 0.146. The standard InChI is InChI=1S/C16H23BO5/c1-15(2)16(3,4)22-17(21-15)13-8-7-12(19-5)9-11(13)10-14(18)20-6/h7-9H,10H2,1-6H3. The molecule has 6 heteroatoms. The van der Waals surface area contributed by atoms with Crippen LogP contribution in [0.5, 0.6) is 5.75 Å². The lowest BCUT2D eigenvalue weighted by atomic mass is 9.75. The molecule has 1 saturated heterocycles. The van der Waals surface area contributed by atoms with Crippen molar-refractivity contribution in [1.82, 2.24) is 0 Å². The Morgan fingerprint density at radius 2 is 1.73 bits per heavy atom. The fraction of sp³-hybridized carbons (Fsp3) is 0.562. The van der Waals surface area contributed by atoms with Crippen LogP contribution in [-0.4, -0.2) is 38.5 Å². The number of methoxy groups -OCH3 is 2. The van der Waals surface area contributed by atoms with E-state index in [0.717, 1.165) is 11.0 Å². The minimum Gasteiger partial charge on any atom is -0.497 e. The van der Waals surface area contributed by atoms with Crippen molar-refractivity contribution in [3.05, 3.63) is 23.8 Å². The maximum Gasteiger partial charge on any atom is 0.495 e. The van der Waals surface area contributed by atoms with Crippen molar-refractivity contribution in [2.45, 2.75) is 45.3 Å². The predicted molar refractivity (Wildman–Crippen MR) is 84.4 cm³/mol. The molecule has 0 amide bonds. The van der Waals surface area contributed by atoms with Gasteiger partial charge in [0.25, 0.3) is 0 Å². The Morgan fingerprint density at radius 1 is 1.14 bits per heavy atom. The van der Waals surface area contributed by atoms with Crippen LogP contribution in [0.3, 0.4) is 0 Å². The van der Waals surface area contributed by atoms with Gasteiger partial charge in [-0.1, -0.05) is 6.07 Å². The van der Waals surface area contributed by atoms with Crippen LogP contribution in [0.2, 0.25) is 0 Å². The molecule has 0 bridgehead atoms. The summed E-state index contributed by atoms with van der Waals surface area (Å²) in [5, 5.41) is 0. The van der Waals surface area contributed by atoms with Crippen LogP contribution in [0.25, 0.3) is 0 Å². The van der Waals surface area contributed by atoms with Crippen LogP contribution in [0.15, 0.2) is 18.2 Å². The SMILES string of the molecule is COC(=O)Cc1cc(OC)ccc1B1OC(C)(C)C(C)(C)O1. The maximum atomic E-state index is 11.7. The molecule has 1 aliphatic heterocycles. The number of esters is 1. The summed E-state index contributed by atoms with van der Waals surface area (Å²) >= 11 is 0. The Labute approximate surface area is 132 Å². The molecule has 120 valence electrons. The zero-order chi connectivity index (χ0) is 16.5. The minimum atomic E-state index is -0.518. The first-order valence-corrected chi connectivity index (χ1v) is 7.29. The lowest BCUT2D eigenvalue weighted by Crippen LogP contribution is -2.41. The lowest BCUT2D eigenvalue weighted by molar-refractivity contribution is -0.139. The number of benzene rings is 1.